The smallest absolute Gasteiger partial charge is 0.137 e. The molecule has 0 radical (unpaired) electrons. The second-order valence-corrected chi connectivity index (χ2v) is 6.67. The summed E-state index contributed by atoms with van der Waals surface area (Å²) in [6.07, 6.45) is 3.75. The van der Waals surface area contributed by atoms with E-state index in [1.165, 1.54) is 12.8 Å². The van der Waals surface area contributed by atoms with E-state index in [2.05, 4.69) is 26.8 Å². The molecule has 0 spiro atoms. The minimum Gasteiger partial charge on any atom is -0.489 e. The van der Waals surface area contributed by atoms with Crippen LogP contribution in [0.4, 0.5) is 0 Å². The molecule has 0 aromatic heterocycles. The van der Waals surface area contributed by atoms with Crippen molar-refractivity contribution in [2.45, 2.75) is 46.1 Å². The predicted molar refractivity (Wildman–Crippen MR) is 81.9 cm³/mol. The molecular formula is C17H22ClNO. The molecule has 2 rings (SSSR count). The van der Waals surface area contributed by atoms with Crippen molar-refractivity contribution in [1.82, 2.24) is 0 Å². The van der Waals surface area contributed by atoms with E-state index in [4.69, 9.17) is 16.3 Å². The number of benzene rings is 1. The fourth-order valence-corrected chi connectivity index (χ4v) is 3.28. The summed E-state index contributed by atoms with van der Waals surface area (Å²) in [7, 11) is 0. The Labute approximate surface area is 126 Å². The molecule has 2 nitrogen and oxygen atoms in total. The molecule has 3 unspecified atom stereocenters. The summed E-state index contributed by atoms with van der Waals surface area (Å²) in [4.78, 5) is 0. The first kappa shape index (κ1) is 15.2. The molecule has 1 aliphatic carbocycles. The maximum Gasteiger partial charge on any atom is 0.137 e. The van der Waals surface area contributed by atoms with Crippen LogP contribution in [0.1, 0.15) is 45.6 Å². The molecule has 108 valence electrons. The van der Waals surface area contributed by atoms with Gasteiger partial charge in [0.25, 0.3) is 0 Å². The Hall–Kier alpha value is -1.20. The number of hydrogen-bond acceptors (Lipinski definition) is 2. The fourth-order valence-electron chi connectivity index (χ4n) is 3.11. The molecule has 0 bridgehead atoms. The molecule has 0 aliphatic heterocycles. The lowest BCUT2D eigenvalue weighted by atomic mass is 9.75. The summed E-state index contributed by atoms with van der Waals surface area (Å²) in [6.45, 7) is 6.79. The van der Waals surface area contributed by atoms with Gasteiger partial charge in [-0.1, -0.05) is 38.8 Å². The normalized spacial score (nSPS) is 26.3. The van der Waals surface area contributed by atoms with Gasteiger partial charge in [0.05, 0.1) is 5.56 Å². The van der Waals surface area contributed by atoms with Crippen LogP contribution in [0.15, 0.2) is 18.2 Å². The highest BCUT2D eigenvalue weighted by Crippen LogP contribution is 2.36. The molecule has 0 heterocycles. The summed E-state index contributed by atoms with van der Waals surface area (Å²) in [5, 5.41) is 9.79. The van der Waals surface area contributed by atoms with Crippen molar-refractivity contribution < 1.29 is 4.74 Å². The van der Waals surface area contributed by atoms with Gasteiger partial charge in [-0.3, -0.25) is 0 Å². The third-order valence-corrected chi connectivity index (χ3v) is 4.54. The number of nitriles is 1. The Bertz CT molecular complexity index is 506. The van der Waals surface area contributed by atoms with Gasteiger partial charge in [-0.05, 0) is 48.8 Å². The molecule has 1 aliphatic rings. The van der Waals surface area contributed by atoms with Crippen molar-refractivity contribution in [3.8, 4) is 11.8 Å². The van der Waals surface area contributed by atoms with Crippen LogP contribution in [0.25, 0.3) is 0 Å². The van der Waals surface area contributed by atoms with Crippen LogP contribution in [0.2, 0.25) is 5.02 Å². The van der Waals surface area contributed by atoms with Gasteiger partial charge in [0.15, 0.2) is 0 Å². The van der Waals surface area contributed by atoms with Crippen LogP contribution >= 0.6 is 11.6 Å². The minimum atomic E-state index is 0.201. The second-order valence-electron chi connectivity index (χ2n) is 6.23. The number of nitrogens with zero attached hydrogens (tertiary/aromatic N) is 1. The quantitative estimate of drug-likeness (QED) is 0.780. The van der Waals surface area contributed by atoms with Gasteiger partial charge in [0.1, 0.15) is 17.9 Å². The standard InChI is InChI=1S/C17H22ClNO/c1-11(2)15-6-4-12(3)8-17(15)20-16-7-5-14(18)9-13(16)10-19/h5,7,9,11-12,15,17H,4,6,8H2,1-3H3. The number of hydrogen-bond donors (Lipinski definition) is 0. The van der Waals surface area contributed by atoms with Crippen LogP contribution in [0.3, 0.4) is 0 Å². The molecule has 1 saturated carbocycles. The molecule has 0 saturated heterocycles. The van der Waals surface area contributed by atoms with Crippen molar-refractivity contribution in [3.05, 3.63) is 28.8 Å². The number of halogens is 1. The molecule has 0 N–H and O–H groups in total. The zero-order valence-electron chi connectivity index (χ0n) is 12.4. The van der Waals surface area contributed by atoms with Crippen LogP contribution in [-0.4, -0.2) is 6.10 Å². The van der Waals surface area contributed by atoms with Crippen molar-refractivity contribution in [2.75, 3.05) is 0 Å². The monoisotopic (exact) mass is 291 g/mol. The van der Waals surface area contributed by atoms with Crippen molar-refractivity contribution in [3.63, 3.8) is 0 Å². The zero-order valence-corrected chi connectivity index (χ0v) is 13.2. The summed E-state index contributed by atoms with van der Waals surface area (Å²) >= 11 is 5.93. The lowest BCUT2D eigenvalue weighted by molar-refractivity contribution is 0.0458. The number of rotatable bonds is 3. The molecule has 20 heavy (non-hydrogen) atoms. The van der Waals surface area contributed by atoms with E-state index < -0.39 is 0 Å². The first-order valence-corrected chi connectivity index (χ1v) is 7.75. The average molecular weight is 292 g/mol. The van der Waals surface area contributed by atoms with Crippen molar-refractivity contribution in [1.29, 1.82) is 5.26 Å². The first-order valence-electron chi connectivity index (χ1n) is 7.37. The highest BCUT2D eigenvalue weighted by atomic mass is 35.5. The number of ether oxygens (including phenoxy) is 1. The van der Waals surface area contributed by atoms with E-state index in [-0.39, 0.29) is 6.10 Å². The SMILES string of the molecule is CC1CCC(C(C)C)C(Oc2ccc(Cl)cc2C#N)C1. The molecule has 1 aromatic rings. The van der Waals surface area contributed by atoms with Gasteiger partial charge in [-0.25, -0.2) is 0 Å². The summed E-state index contributed by atoms with van der Waals surface area (Å²) in [5.74, 6) is 2.52. The Balaban J connectivity index is 2.20. The molecule has 3 heteroatoms. The Morgan fingerprint density at radius 1 is 1.35 bits per heavy atom. The first-order chi connectivity index (χ1) is 9.51. The summed E-state index contributed by atoms with van der Waals surface area (Å²) in [6, 6.07) is 7.45. The zero-order chi connectivity index (χ0) is 14.7. The van der Waals surface area contributed by atoms with Gasteiger partial charge >= 0.3 is 0 Å². The second kappa shape index (κ2) is 6.50. The van der Waals surface area contributed by atoms with E-state index >= 15 is 0 Å². The Morgan fingerprint density at radius 2 is 2.10 bits per heavy atom. The minimum absolute atomic E-state index is 0.201. The maximum absolute atomic E-state index is 9.21. The largest absolute Gasteiger partial charge is 0.489 e. The molecular weight excluding hydrogens is 270 g/mol. The Kier molecular flexibility index (Phi) is 4.94. The molecule has 1 aromatic carbocycles. The lowest BCUT2D eigenvalue weighted by Gasteiger charge is -2.37. The van der Waals surface area contributed by atoms with Gasteiger partial charge in [-0.15, -0.1) is 0 Å². The van der Waals surface area contributed by atoms with Gasteiger partial charge < -0.3 is 4.74 Å². The van der Waals surface area contributed by atoms with Crippen LogP contribution in [0, 0.1) is 29.1 Å². The maximum atomic E-state index is 9.21. The van der Waals surface area contributed by atoms with E-state index in [1.807, 2.05) is 6.07 Å². The Morgan fingerprint density at radius 3 is 2.75 bits per heavy atom. The van der Waals surface area contributed by atoms with Gasteiger partial charge in [-0.2, -0.15) is 5.26 Å². The molecule has 1 fully saturated rings. The van der Waals surface area contributed by atoms with Crippen LogP contribution < -0.4 is 4.74 Å². The van der Waals surface area contributed by atoms with Crippen molar-refractivity contribution in [2.24, 2.45) is 17.8 Å². The molecule has 0 amide bonds. The highest BCUT2D eigenvalue weighted by molar-refractivity contribution is 6.30. The highest BCUT2D eigenvalue weighted by Gasteiger charge is 2.32. The summed E-state index contributed by atoms with van der Waals surface area (Å²) < 4.78 is 6.20. The molecule has 3 atom stereocenters. The van der Waals surface area contributed by atoms with E-state index in [9.17, 15) is 5.26 Å². The van der Waals surface area contributed by atoms with E-state index in [0.29, 0.717) is 34.1 Å². The predicted octanol–water partition coefficient (Wildman–Crippen LogP) is 5.05. The van der Waals surface area contributed by atoms with Gasteiger partial charge in [0, 0.05) is 5.02 Å². The van der Waals surface area contributed by atoms with Crippen LogP contribution in [-0.2, 0) is 0 Å². The fraction of sp³-hybridized carbons (Fsp3) is 0.588. The summed E-state index contributed by atoms with van der Waals surface area (Å²) in [5.41, 5.74) is 0.526. The van der Waals surface area contributed by atoms with Crippen LogP contribution in [0.5, 0.6) is 5.75 Å². The lowest BCUT2D eigenvalue weighted by Crippen LogP contribution is -2.36. The van der Waals surface area contributed by atoms with E-state index in [0.717, 1.165) is 6.42 Å². The van der Waals surface area contributed by atoms with Gasteiger partial charge in [0.2, 0.25) is 0 Å². The third-order valence-electron chi connectivity index (χ3n) is 4.30. The van der Waals surface area contributed by atoms with Crippen molar-refractivity contribution >= 4 is 11.6 Å². The third kappa shape index (κ3) is 3.46. The average Bonchev–Trinajstić information content (AvgIpc) is 2.40. The topological polar surface area (TPSA) is 33.0 Å². The van der Waals surface area contributed by atoms with E-state index in [1.54, 1.807) is 12.1 Å².